The Morgan fingerprint density at radius 1 is 1.58 bits per heavy atom. The molecule has 0 unspecified atom stereocenters. The van der Waals surface area contributed by atoms with E-state index in [0.717, 1.165) is 4.90 Å². The molecule has 0 aromatic rings. The number of carbonyl (C=O) groups excluding carboxylic acids is 1. The molecule has 72 valence electrons. The molecule has 4 nitrogen and oxygen atoms in total. The van der Waals surface area contributed by atoms with E-state index in [-0.39, 0.29) is 6.54 Å². The Hall–Kier alpha value is -0.750. The van der Waals surface area contributed by atoms with Crippen LogP contribution in [0, 0.1) is 0 Å². The number of carbonyl (C=O) groups is 1. The molecule has 0 saturated heterocycles. The van der Waals surface area contributed by atoms with E-state index >= 15 is 0 Å². The van der Waals surface area contributed by atoms with Gasteiger partial charge >= 0.3 is 0 Å². The molecule has 0 spiro atoms. The minimum Gasteiger partial charge on any atom is -0.338 e. The molecule has 1 amide bonds. The first kappa shape index (κ1) is 11.2. The van der Waals surface area contributed by atoms with Crippen LogP contribution in [-0.2, 0) is 4.79 Å². The van der Waals surface area contributed by atoms with Gasteiger partial charge in [0.2, 0.25) is 6.41 Å². The molecule has 0 aliphatic heterocycles. The summed E-state index contributed by atoms with van der Waals surface area (Å²) in [5.74, 6) is 0. The van der Waals surface area contributed by atoms with Crippen LogP contribution in [0.15, 0.2) is 0 Å². The van der Waals surface area contributed by atoms with Gasteiger partial charge in [-0.3, -0.25) is 15.6 Å². The van der Waals surface area contributed by atoms with E-state index in [9.17, 15) is 13.6 Å². The number of halogens is 2. The van der Waals surface area contributed by atoms with Crippen molar-refractivity contribution < 1.29 is 13.6 Å². The summed E-state index contributed by atoms with van der Waals surface area (Å²) in [5, 5.41) is 0. The van der Waals surface area contributed by atoms with Gasteiger partial charge in [-0.1, -0.05) is 0 Å². The van der Waals surface area contributed by atoms with E-state index in [1.807, 2.05) is 0 Å². The zero-order chi connectivity index (χ0) is 9.40. The van der Waals surface area contributed by atoms with E-state index in [0.29, 0.717) is 13.0 Å². The summed E-state index contributed by atoms with van der Waals surface area (Å²) in [7, 11) is 1.67. The van der Waals surface area contributed by atoms with Gasteiger partial charge in [0.25, 0.3) is 6.43 Å². The lowest BCUT2D eigenvalue weighted by atomic mass is 10.5. The van der Waals surface area contributed by atoms with Crippen molar-refractivity contribution in [2.45, 2.75) is 6.43 Å². The minimum atomic E-state index is -2.47. The van der Waals surface area contributed by atoms with Crippen LogP contribution >= 0.6 is 0 Å². The maximum Gasteiger partial charge on any atom is 0.255 e. The fourth-order valence-corrected chi connectivity index (χ4v) is 0.689. The largest absolute Gasteiger partial charge is 0.338 e. The summed E-state index contributed by atoms with van der Waals surface area (Å²) >= 11 is 0. The highest BCUT2D eigenvalue weighted by molar-refractivity contribution is 5.46. The highest BCUT2D eigenvalue weighted by Gasteiger charge is 2.08. The van der Waals surface area contributed by atoms with Crippen LogP contribution in [0.5, 0.6) is 0 Å². The van der Waals surface area contributed by atoms with Crippen LogP contribution < -0.4 is 10.9 Å². The Bertz CT molecular complexity index is 123. The lowest BCUT2D eigenvalue weighted by Crippen LogP contribution is -2.38. The molecule has 6 heteroatoms. The second-order valence-corrected chi connectivity index (χ2v) is 2.17. The number of alkyl halides is 2. The molecule has 0 saturated carbocycles. The van der Waals surface area contributed by atoms with Crippen LogP contribution in [-0.4, -0.2) is 44.4 Å². The number of nitrogens with one attached hydrogen (secondary N) is 2. The molecule has 0 aromatic carbocycles. The van der Waals surface area contributed by atoms with E-state index in [1.165, 1.54) is 0 Å². The molecule has 0 aliphatic rings. The maximum atomic E-state index is 11.7. The molecule has 0 rings (SSSR count). The van der Waals surface area contributed by atoms with Gasteiger partial charge < -0.3 is 4.90 Å². The van der Waals surface area contributed by atoms with Gasteiger partial charge in [-0.05, 0) is 7.05 Å². The standard InChI is InChI=1S/C6H13F2N3O/c1-9-10-2-3-11(5-12)4-6(7)8/h5-6,9-10H,2-4H2,1H3. The third-order valence-corrected chi connectivity index (χ3v) is 1.22. The maximum absolute atomic E-state index is 11.7. The van der Waals surface area contributed by atoms with E-state index in [1.54, 1.807) is 7.05 Å². The van der Waals surface area contributed by atoms with Crippen molar-refractivity contribution in [3.05, 3.63) is 0 Å². The van der Waals surface area contributed by atoms with Crippen molar-refractivity contribution in [2.75, 3.05) is 26.7 Å². The molecule has 0 radical (unpaired) electrons. The number of hydrogen-bond donors (Lipinski definition) is 2. The molecule has 0 fully saturated rings. The fraction of sp³-hybridized carbons (Fsp3) is 0.833. The molecule has 0 atom stereocenters. The zero-order valence-electron chi connectivity index (χ0n) is 6.89. The summed E-state index contributed by atoms with van der Waals surface area (Å²) in [6, 6.07) is 0. The number of rotatable bonds is 7. The van der Waals surface area contributed by atoms with Crippen LogP contribution in [0.25, 0.3) is 0 Å². The molecule has 0 aromatic heterocycles. The molecule has 0 aliphatic carbocycles. The van der Waals surface area contributed by atoms with Gasteiger partial charge in [0.05, 0.1) is 6.54 Å². The van der Waals surface area contributed by atoms with Crippen molar-refractivity contribution in [1.29, 1.82) is 0 Å². The van der Waals surface area contributed by atoms with Crippen molar-refractivity contribution in [2.24, 2.45) is 0 Å². The predicted molar refractivity (Wildman–Crippen MR) is 40.7 cm³/mol. The summed E-state index contributed by atoms with van der Waals surface area (Å²) < 4.78 is 23.5. The first-order chi connectivity index (χ1) is 5.70. The van der Waals surface area contributed by atoms with Crippen LogP contribution in [0.4, 0.5) is 8.78 Å². The molecule has 0 bridgehead atoms. The zero-order valence-corrected chi connectivity index (χ0v) is 6.89. The summed E-state index contributed by atoms with van der Waals surface area (Å²) in [4.78, 5) is 11.2. The quantitative estimate of drug-likeness (QED) is 0.314. The minimum absolute atomic E-state index is 0.272. The second-order valence-electron chi connectivity index (χ2n) is 2.17. The van der Waals surface area contributed by atoms with E-state index in [4.69, 9.17) is 0 Å². The first-order valence-corrected chi connectivity index (χ1v) is 3.57. The fourth-order valence-electron chi connectivity index (χ4n) is 0.689. The molecular weight excluding hydrogens is 168 g/mol. The van der Waals surface area contributed by atoms with Gasteiger partial charge in [0.15, 0.2) is 0 Å². The molecule has 0 heterocycles. The van der Waals surface area contributed by atoms with E-state index < -0.39 is 13.0 Å². The van der Waals surface area contributed by atoms with Gasteiger partial charge in [-0.25, -0.2) is 8.78 Å². The van der Waals surface area contributed by atoms with Crippen molar-refractivity contribution >= 4 is 6.41 Å². The molecule has 2 N–H and O–H groups in total. The SMILES string of the molecule is CNNCCN(C=O)CC(F)F. The lowest BCUT2D eigenvalue weighted by molar-refractivity contribution is -0.119. The predicted octanol–water partition coefficient (Wildman–Crippen LogP) is -0.566. The van der Waals surface area contributed by atoms with Gasteiger partial charge in [-0.2, -0.15) is 0 Å². The lowest BCUT2D eigenvalue weighted by Gasteiger charge is -2.16. The summed E-state index contributed by atoms with van der Waals surface area (Å²) in [6.45, 7) is 0.214. The van der Waals surface area contributed by atoms with Crippen molar-refractivity contribution in [3.8, 4) is 0 Å². The number of hydrogen-bond acceptors (Lipinski definition) is 3. The van der Waals surface area contributed by atoms with Gasteiger partial charge in [0.1, 0.15) is 0 Å². The van der Waals surface area contributed by atoms with Crippen LogP contribution in [0.2, 0.25) is 0 Å². The normalized spacial score (nSPS) is 10.3. The number of nitrogens with zero attached hydrogens (tertiary/aromatic N) is 1. The smallest absolute Gasteiger partial charge is 0.255 e. The van der Waals surface area contributed by atoms with Crippen molar-refractivity contribution in [1.82, 2.24) is 15.8 Å². The highest BCUT2D eigenvalue weighted by atomic mass is 19.3. The average Bonchev–Trinajstić information content (AvgIpc) is 2.02. The summed E-state index contributed by atoms with van der Waals surface area (Å²) in [6.07, 6.45) is -2.05. The third-order valence-electron chi connectivity index (χ3n) is 1.22. The monoisotopic (exact) mass is 181 g/mol. The number of amides is 1. The molecular formula is C6H13F2N3O. The topological polar surface area (TPSA) is 44.4 Å². The summed E-state index contributed by atoms with van der Waals surface area (Å²) in [5.41, 5.74) is 5.31. The van der Waals surface area contributed by atoms with Crippen molar-refractivity contribution in [3.63, 3.8) is 0 Å². The average molecular weight is 181 g/mol. The second kappa shape index (κ2) is 6.93. The Morgan fingerprint density at radius 2 is 2.25 bits per heavy atom. The molecule has 12 heavy (non-hydrogen) atoms. The van der Waals surface area contributed by atoms with E-state index in [2.05, 4.69) is 10.9 Å². The Morgan fingerprint density at radius 3 is 2.67 bits per heavy atom. The Balaban J connectivity index is 3.46. The first-order valence-electron chi connectivity index (χ1n) is 3.57. The Kier molecular flexibility index (Phi) is 6.50. The Labute approximate surface area is 69.9 Å². The van der Waals surface area contributed by atoms with Crippen LogP contribution in [0.3, 0.4) is 0 Å². The van der Waals surface area contributed by atoms with Gasteiger partial charge in [0, 0.05) is 13.1 Å². The van der Waals surface area contributed by atoms with Gasteiger partial charge in [-0.15, -0.1) is 0 Å². The highest BCUT2D eigenvalue weighted by Crippen LogP contribution is 1.94. The number of hydrazine groups is 1. The van der Waals surface area contributed by atoms with Crippen LogP contribution in [0.1, 0.15) is 0 Å². The third kappa shape index (κ3) is 5.99.